The van der Waals surface area contributed by atoms with Gasteiger partial charge < -0.3 is 10.2 Å². The van der Waals surface area contributed by atoms with Crippen LogP contribution in [0.15, 0.2) is 41.8 Å². The van der Waals surface area contributed by atoms with E-state index in [1.807, 2.05) is 24.1 Å². The van der Waals surface area contributed by atoms with Crippen molar-refractivity contribution in [2.75, 3.05) is 11.9 Å². The van der Waals surface area contributed by atoms with Crippen molar-refractivity contribution in [2.45, 2.75) is 97.8 Å². The summed E-state index contributed by atoms with van der Waals surface area (Å²) in [5, 5.41) is 3.65. The highest BCUT2D eigenvalue weighted by atomic mass is 28.3. The van der Waals surface area contributed by atoms with Crippen LogP contribution in [0.1, 0.15) is 73.8 Å². The molecule has 1 N–H and O–H groups in total. The summed E-state index contributed by atoms with van der Waals surface area (Å²) < 4.78 is 0. The van der Waals surface area contributed by atoms with E-state index in [-0.39, 0.29) is 17.4 Å². The maximum absolute atomic E-state index is 12.4. The normalized spacial score (nSPS) is 22.7. The number of nitrogens with one attached hydrogen (secondary N) is 1. The Kier molecular flexibility index (Phi) is 7.82. The van der Waals surface area contributed by atoms with Gasteiger partial charge in [-0.05, 0) is 66.6 Å². The summed E-state index contributed by atoms with van der Waals surface area (Å²) in [5.74, 6) is 4.78. The van der Waals surface area contributed by atoms with E-state index in [9.17, 15) is 4.79 Å². The number of aromatic nitrogens is 1. The third-order valence-corrected chi connectivity index (χ3v) is 14.2. The Hall–Kier alpha value is -2.32. The maximum atomic E-state index is 12.4. The van der Waals surface area contributed by atoms with Crippen LogP contribution in [-0.4, -0.2) is 36.5 Å². The molecule has 184 valence electrons. The number of rotatable bonds is 5. The summed E-state index contributed by atoms with van der Waals surface area (Å²) in [6, 6.07) is 4.27. The Morgan fingerprint density at radius 2 is 1.82 bits per heavy atom. The van der Waals surface area contributed by atoms with Crippen molar-refractivity contribution in [3.63, 3.8) is 0 Å². The number of amides is 1. The van der Waals surface area contributed by atoms with E-state index in [2.05, 4.69) is 88.4 Å². The van der Waals surface area contributed by atoms with Crippen molar-refractivity contribution >= 4 is 19.8 Å². The van der Waals surface area contributed by atoms with E-state index in [1.54, 1.807) is 6.92 Å². The topological polar surface area (TPSA) is 45.2 Å². The molecule has 0 bridgehead atoms. The quantitative estimate of drug-likeness (QED) is 0.372. The highest BCUT2D eigenvalue weighted by Crippen LogP contribution is 2.43. The largest absolute Gasteiger partial charge is 0.363 e. The van der Waals surface area contributed by atoms with Gasteiger partial charge in [-0.1, -0.05) is 59.6 Å². The van der Waals surface area contributed by atoms with Crippen LogP contribution >= 0.6 is 0 Å². The second kappa shape index (κ2) is 10.1. The van der Waals surface area contributed by atoms with Crippen LogP contribution in [0.25, 0.3) is 0 Å². The Labute approximate surface area is 208 Å². The standard InChI is InChI=1S/C29H43N3OSi/c1-20(2)34(21(3)4,22(5)6)17-15-29(9)14-12-27-25(18-29)26(13-16-32(27)24(8)33)31-28-11-10-23(7)19-30-28/h10-12,14,19-22,26H,13,16,18H2,1-9H3,(H,30,31)/t26-,29?/m1/s1. The molecule has 0 spiro atoms. The lowest BCUT2D eigenvalue weighted by Crippen LogP contribution is -2.44. The van der Waals surface area contributed by atoms with Gasteiger partial charge >= 0.3 is 0 Å². The molecule has 0 saturated heterocycles. The van der Waals surface area contributed by atoms with Crippen LogP contribution in [0, 0.1) is 23.8 Å². The van der Waals surface area contributed by atoms with Crippen molar-refractivity contribution in [1.29, 1.82) is 0 Å². The number of aryl methyl sites for hydroxylation is 1. The third-order valence-electron chi connectivity index (χ3n) is 7.89. The van der Waals surface area contributed by atoms with Gasteiger partial charge in [0, 0.05) is 25.4 Å². The van der Waals surface area contributed by atoms with Gasteiger partial charge in [0.15, 0.2) is 0 Å². The molecule has 0 radical (unpaired) electrons. The molecule has 5 heteroatoms. The lowest BCUT2D eigenvalue weighted by Gasteiger charge is -2.41. The minimum absolute atomic E-state index is 0.101. The fraction of sp³-hybridized carbons (Fsp3) is 0.586. The van der Waals surface area contributed by atoms with Gasteiger partial charge in [0.2, 0.25) is 5.91 Å². The summed E-state index contributed by atoms with van der Waals surface area (Å²) in [5.41, 5.74) is 8.99. The zero-order valence-corrected chi connectivity index (χ0v) is 23.6. The lowest BCUT2D eigenvalue weighted by atomic mass is 9.75. The smallest absolute Gasteiger partial charge is 0.223 e. The Bertz CT molecular complexity index is 1000. The second-order valence-corrected chi connectivity index (χ2v) is 16.9. The summed E-state index contributed by atoms with van der Waals surface area (Å²) in [6.45, 7) is 20.9. The molecule has 2 aliphatic rings. The SMILES string of the molecule is CC(=O)N1CC[C@@H](Nc2ccc(C)cn2)C2=C1C=CC(C)(C#C[Si](C(C)C)(C(C)C)C(C)C)C2. The maximum Gasteiger partial charge on any atom is 0.223 e. The monoisotopic (exact) mass is 477 g/mol. The molecule has 1 unspecified atom stereocenters. The molecule has 34 heavy (non-hydrogen) atoms. The zero-order valence-electron chi connectivity index (χ0n) is 22.6. The van der Waals surface area contributed by atoms with Crippen molar-refractivity contribution < 1.29 is 4.79 Å². The van der Waals surface area contributed by atoms with E-state index >= 15 is 0 Å². The lowest BCUT2D eigenvalue weighted by molar-refractivity contribution is -0.127. The van der Waals surface area contributed by atoms with Crippen molar-refractivity contribution in [3.8, 4) is 11.5 Å². The van der Waals surface area contributed by atoms with E-state index < -0.39 is 8.07 Å². The molecule has 1 amide bonds. The highest BCUT2D eigenvalue weighted by molar-refractivity contribution is 6.90. The minimum atomic E-state index is -1.82. The van der Waals surface area contributed by atoms with Gasteiger partial charge in [-0.15, -0.1) is 5.54 Å². The number of hydrogen-bond acceptors (Lipinski definition) is 3. The van der Waals surface area contributed by atoms with Crippen molar-refractivity contribution in [2.24, 2.45) is 5.41 Å². The first-order valence-corrected chi connectivity index (χ1v) is 15.1. The Morgan fingerprint density at radius 3 is 2.35 bits per heavy atom. The van der Waals surface area contributed by atoms with Crippen LogP contribution in [-0.2, 0) is 4.79 Å². The molecule has 4 nitrogen and oxygen atoms in total. The van der Waals surface area contributed by atoms with Crippen molar-refractivity contribution in [1.82, 2.24) is 9.88 Å². The van der Waals surface area contributed by atoms with Crippen LogP contribution in [0.2, 0.25) is 16.6 Å². The van der Waals surface area contributed by atoms with Gasteiger partial charge in [0.1, 0.15) is 13.9 Å². The van der Waals surface area contributed by atoms with Crippen LogP contribution < -0.4 is 5.32 Å². The molecule has 2 heterocycles. The average Bonchev–Trinajstić information content (AvgIpc) is 2.75. The van der Waals surface area contributed by atoms with Crippen molar-refractivity contribution in [3.05, 3.63) is 47.3 Å². The molecule has 1 aliphatic heterocycles. The zero-order chi connectivity index (χ0) is 25.3. The molecule has 3 rings (SSSR count). The third kappa shape index (κ3) is 5.17. The van der Waals surface area contributed by atoms with Gasteiger partial charge in [-0.3, -0.25) is 4.79 Å². The summed E-state index contributed by atoms with van der Waals surface area (Å²) in [4.78, 5) is 18.9. The first kappa shape index (κ1) is 26.3. The van der Waals surface area contributed by atoms with Gasteiger partial charge in [-0.2, -0.15) is 0 Å². The fourth-order valence-corrected chi connectivity index (χ4v) is 11.4. The number of carbonyl (C=O) groups is 1. The van der Waals surface area contributed by atoms with E-state index in [0.717, 1.165) is 29.9 Å². The van der Waals surface area contributed by atoms with Gasteiger partial charge in [0.05, 0.1) is 11.5 Å². The van der Waals surface area contributed by atoms with E-state index in [0.29, 0.717) is 23.2 Å². The molecular weight excluding hydrogens is 434 g/mol. The van der Waals surface area contributed by atoms with Gasteiger partial charge in [0.25, 0.3) is 0 Å². The number of anilines is 1. The molecule has 2 atom stereocenters. The first-order chi connectivity index (χ1) is 15.9. The molecule has 1 aliphatic carbocycles. The predicted molar refractivity (Wildman–Crippen MR) is 146 cm³/mol. The molecule has 1 aromatic heterocycles. The highest BCUT2D eigenvalue weighted by Gasteiger charge is 2.42. The molecular formula is C29H43N3OSi. The number of carbonyl (C=O) groups excluding carboxylic acids is 1. The van der Waals surface area contributed by atoms with E-state index in [1.165, 1.54) is 5.57 Å². The summed E-state index contributed by atoms with van der Waals surface area (Å²) in [6.07, 6.45) is 7.98. The number of nitrogens with zero attached hydrogens (tertiary/aromatic N) is 2. The molecule has 1 aromatic rings. The number of pyridine rings is 1. The first-order valence-electron chi connectivity index (χ1n) is 12.8. The summed E-state index contributed by atoms with van der Waals surface area (Å²) in [7, 11) is -1.82. The van der Waals surface area contributed by atoms with Gasteiger partial charge in [-0.25, -0.2) is 4.98 Å². The number of allylic oxidation sites excluding steroid dienone is 2. The Balaban J connectivity index is 1.98. The van der Waals surface area contributed by atoms with Crippen LogP contribution in [0.3, 0.4) is 0 Å². The second-order valence-electron chi connectivity index (χ2n) is 11.4. The fourth-order valence-electron chi connectivity index (χ4n) is 6.02. The van der Waals surface area contributed by atoms with E-state index in [4.69, 9.17) is 0 Å². The Morgan fingerprint density at radius 1 is 1.18 bits per heavy atom. The summed E-state index contributed by atoms with van der Waals surface area (Å²) >= 11 is 0. The minimum Gasteiger partial charge on any atom is -0.363 e. The predicted octanol–water partition coefficient (Wildman–Crippen LogP) is 6.86. The molecule has 0 saturated carbocycles. The van der Waals surface area contributed by atoms with Crippen LogP contribution in [0.5, 0.6) is 0 Å². The van der Waals surface area contributed by atoms with Crippen LogP contribution in [0.4, 0.5) is 5.82 Å². The average molecular weight is 478 g/mol. The molecule has 0 fully saturated rings. The molecule has 0 aromatic carbocycles. The number of hydrogen-bond donors (Lipinski definition) is 1.